The van der Waals surface area contributed by atoms with E-state index < -0.39 is 0 Å². The van der Waals surface area contributed by atoms with Crippen LogP contribution in [0.5, 0.6) is 0 Å². The van der Waals surface area contributed by atoms with Gasteiger partial charge in [-0.05, 0) is 74.1 Å². The Bertz CT molecular complexity index is 1240. The van der Waals surface area contributed by atoms with Gasteiger partial charge in [0.2, 0.25) is 0 Å². The Morgan fingerprint density at radius 2 is 1.97 bits per heavy atom. The van der Waals surface area contributed by atoms with Crippen molar-refractivity contribution < 1.29 is 0 Å². The number of nitrogens with one attached hydrogen (secondary N) is 2. The fourth-order valence-electron chi connectivity index (χ4n) is 4.73. The Hall–Kier alpha value is -3.18. The van der Waals surface area contributed by atoms with Gasteiger partial charge < -0.3 is 15.5 Å². The van der Waals surface area contributed by atoms with Gasteiger partial charge in [-0.3, -0.25) is 0 Å². The number of allylic oxidation sites excluding steroid dienone is 1. The third-order valence-electron chi connectivity index (χ3n) is 6.87. The molecule has 0 spiro atoms. The minimum atomic E-state index is 0.0997. The van der Waals surface area contributed by atoms with Gasteiger partial charge in [-0.15, -0.1) is 5.10 Å². The first-order valence-corrected chi connectivity index (χ1v) is 11.8. The van der Waals surface area contributed by atoms with Crippen molar-refractivity contribution >= 4 is 27.9 Å². The molecule has 0 amide bonds. The van der Waals surface area contributed by atoms with E-state index in [0.717, 1.165) is 53.2 Å². The summed E-state index contributed by atoms with van der Waals surface area (Å²) in [5.41, 5.74) is 9.67. The van der Waals surface area contributed by atoms with Gasteiger partial charge in [-0.25, -0.2) is 0 Å². The molecule has 0 radical (unpaired) electrons. The SMILES string of the molecule is C=C(CC)N(C)c1cc2c(C)nnc(NC(C)c3cccc(C4=CCNC4)c3C)c2cc1C. The zero-order valence-electron chi connectivity index (χ0n) is 20.7. The number of benzene rings is 2. The molecule has 0 saturated carbocycles. The van der Waals surface area contributed by atoms with Gasteiger partial charge in [0.15, 0.2) is 5.82 Å². The predicted molar refractivity (Wildman–Crippen MR) is 141 cm³/mol. The van der Waals surface area contributed by atoms with E-state index >= 15 is 0 Å². The summed E-state index contributed by atoms with van der Waals surface area (Å²) < 4.78 is 0. The lowest BCUT2D eigenvalue weighted by Crippen LogP contribution is -2.16. The van der Waals surface area contributed by atoms with E-state index in [-0.39, 0.29) is 6.04 Å². The van der Waals surface area contributed by atoms with Crippen LogP contribution in [0.1, 0.15) is 54.3 Å². The number of hydrogen-bond donors (Lipinski definition) is 2. The van der Waals surface area contributed by atoms with E-state index in [1.165, 1.54) is 27.8 Å². The molecule has 2 heterocycles. The van der Waals surface area contributed by atoms with Crippen molar-refractivity contribution in [2.45, 2.75) is 47.1 Å². The number of hydrogen-bond acceptors (Lipinski definition) is 5. The number of aryl methyl sites for hydroxylation is 2. The Labute approximate surface area is 197 Å². The molecule has 1 aliphatic rings. The van der Waals surface area contributed by atoms with Crippen LogP contribution in [0.2, 0.25) is 0 Å². The second kappa shape index (κ2) is 9.36. The molecular weight excluding hydrogens is 406 g/mol. The van der Waals surface area contributed by atoms with E-state index in [2.05, 4.69) is 103 Å². The Balaban J connectivity index is 1.71. The van der Waals surface area contributed by atoms with Crippen molar-refractivity contribution in [3.63, 3.8) is 0 Å². The summed E-state index contributed by atoms with van der Waals surface area (Å²) in [6.45, 7) is 16.8. The molecule has 1 aliphatic heterocycles. The lowest BCUT2D eigenvalue weighted by atomic mass is 9.93. The number of nitrogens with zero attached hydrogens (tertiary/aromatic N) is 3. The van der Waals surface area contributed by atoms with Crippen molar-refractivity contribution in [3.05, 3.63) is 76.6 Å². The summed E-state index contributed by atoms with van der Waals surface area (Å²) in [5, 5.41) is 18.3. The van der Waals surface area contributed by atoms with Gasteiger partial charge in [-0.2, -0.15) is 5.10 Å². The van der Waals surface area contributed by atoms with Gasteiger partial charge in [0.25, 0.3) is 0 Å². The van der Waals surface area contributed by atoms with Crippen molar-refractivity contribution in [3.8, 4) is 0 Å². The van der Waals surface area contributed by atoms with Crippen LogP contribution in [0.15, 0.2) is 48.7 Å². The van der Waals surface area contributed by atoms with Crippen molar-refractivity contribution in [2.24, 2.45) is 0 Å². The monoisotopic (exact) mass is 441 g/mol. The molecule has 0 aliphatic carbocycles. The maximum Gasteiger partial charge on any atom is 0.157 e. The van der Waals surface area contributed by atoms with Crippen LogP contribution >= 0.6 is 0 Å². The fourth-order valence-corrected chi connectivity index (χ4v) is 4.73. The molecule has 1 atom stereocenters. The summed E-state index contributed by atoms with van der Waals surface area (Å²) in [7, 11) is 2.08. The molecule has 0 bridgehead atoms. The number of fused-ring (bicyclic) bond motifs is 1. The number of aromatic nitrogens is 2. The van der Waals surface area contributed by atoms with Crippen molar-refractivity contribution in [1.82, 2.24) is 15.5 Å². The lowest BCUT2D eigenvalue weighted by Gasteiger charge is -2.25. The highest BCUT2D eigenvalue weighted by Crippen LogP contribution is 2.34. The summed E-state index contributed by atoms with van der Waals surface area (Å²) >= 11 is 0. The predicted octanol–water partition coefficient (Wildman–Crippen LogP) is 6.07. The van der Waals surface area contributed by atoms with Crippen LogP contribution in [0.4, 0.5) is 11.5 Å². The average Bonchev–Trinajstić information content (AvgIpc) is 3.34. The first kappa shape index (κ1) is 23.0. The van der Waals surface area contributed by atoms with Gasteiger partial charge in [0.1, 0.15) is 0 Å². The normalized spacial score (nSPS) is 14.3. The summed E-state index contributed by atoms with van der Waals surface area (Å²) in [5.74, 6) is 0.821. The molecule has 33 heavy (non-hydrogen) atoms. The van der Waals surface area contributed by atoms with E-state index in [0.29, 0.717) is 0 Å². The molecule has 1 unspecified atom stereocenters. The molecule has 5 heteroatoms. The molecule has 2 N–H and O–H groups in total. The molecule has 3 aromatic rings. The molecular formula is C28H35N5. The van der Waals surface area contributed by atoms with Crippen molar-refractivity contribution in [2.75, 3.05) is 30.4 Å². The third-order valence-corrected chi connectivity index (χ3v) is 6.87. The van der Waals surface area contributed by atoms with Crippen LogP contribution in [0.25, 0.3) is 16.3 Å². The summed E-state index contributed by atoms with van der Waals surface area (Å²) in [4.78, 5) is 2.17. The zero-order valence-corrected chi connectivity index (χ0v) is 20.7. The van der Waals surface area contributed by atoms with E-state index in [1.54, 1.807) is 0 Å². The minimum absolute atomic E-state index is 0.0997. The standard InChI is InChI=1S/C28H35N5/c1-8-18(3)33(7)27-15-25-21(6)31-32-28(26(25)14-17(27)2)30-20(5)23-10-9-11-24(19(23)4)22-12-13-29-16-22/h9-12,14-15,20,29H,3,8,13,16H2,1-2,4-7H3,(H,30,32). The summed E-state index contributed by atoms with van der Waals surface area (Å²) in [6, 6.07) is 11.1. The zero-order chi connectivity index (χ0) is 23.7. The van der Waals surface area contributed by atoms with Gasteiger partial charge in [-0.1, -0.05) is 37.8 Å². The van der Waals surface area contributed by atoms with Crippen molar-refractivity contribution in [1.29, 1.82) is 0 Å². The molecule has 0 fully saturated rings. The second-order valence-electron chi connectivity index (χ2n) is 9.04. The van der Waals surface area contributed by atoms with E-state index in [1.807, 2.05) is 6.92 Å². The molecule has 5 nitrogen and oxygen atoms in total. The van der Waals surface area contributed by atoms with Crippen LogP contribution in [-0.2, 0) is 0 Å². The highest BCUT2D eigenvalue weighted by molar-refractivity contribution is 5.96. The van der Waals surface area contributed by atoms with Crippen LogP contribution < -0.4 is 15.5 Å². The quantitative estimate of drug-likeness (QED) is 0.466. The van der Waals surface area contributed by atoms with Crippen LogP contribution in [0, 0.1) is 20.8 Å². The van der Waals surface area contributed by atoms with E-state index in [9.17, 15) is 0 Å². The minimum Gasteiger partial charge on any atom is -0.362 e. The number of rotatable bonds is 7. The second-order valence-corrected chi connectivity index (χ2v) is 9.04. The topological polar surface area (TPSA) is 53.1 Å². The molecule has 4 rings (SSSR count). The first-order chi connectivity index (χ1) is 15.8. The lowest BCUT2D eigenvalue weighted by molar-refractivity contribution is 0.851. The maximum atomic E-state index is 4.55. The molecule has 1 aromatic heterocycles. The maximum absolute atomic E-state index is 4.55. The van der Waals surface area contributed by atoms with Gasteiger partial charge >= 0.3 is 0 Å². The molecule has 2 aromatic carbocycles. The largest absolute Gasteiger partial charge is 0.362 e. The summed E-state index contributed by atoms with van der Waals surface area (Å²) in [6.07, 6.45) is 3.20. The fraction of sp³-hybridized carbons (Fsp3) is 0.357. The highest BCUT2D eigenvalue weighted by atomic mass is 15.2. The Kier molecular flexibility index (Phi) is 6.52. The third kappa shape index (κ3) is 4.38. The Morgan fingerprint density at radius 1 is 1.18 bits per heavy atom. The van der Waals surface area contributed by atoms with Crippen LogP contribution in [-0.4, -0.2) is 30.3 Å². The molecule has 0 saturated heterocycles. The number of anilines is 2. The van der Waals surface area contributed by atoms with Crippen LogP contribution in [0.3, 0.4) is 0 Å². The smallest absolute Gasteiger partial charge is 0.157 e. The van der Waals surface area contributed by atoms with Gasteiger partial charge in [0, 0.05) is 42.3 Å². The highest BCUT2D eigenvalue weighted by Gasteiger charge is 2.18. The van der Waals surface area contributed by atoms with Gasteiger partial charge in [0.05, 0.1) is 11.7 Å². The van der Waals surface area contributed by atoms with E-state index in [4.69, 9.17) is 0 Å². The average molecular weight is 442 g/mol. The Morgan fingerprint density at radius 3 is 2.67 bits per heavy atom. The first-order valence-electron chi connectivity index (χ1n) is 11.8. The molecule has 172 valence electrons.